The molecule has 108 valence electrons. The van der Waals surface area contributed by atoms with Crippen molar-refractivity contribution in [3.8, 4) is 0 Å². The van der Waals surface area contributed by atoms with Crippen LogP contribution in [0.4, 0.5) is 11.4 Å². The third-order valence-corrected chi connectivity index (χ3v) is 2.98. The summed E-state index contributed by atoms with van der Waals surface area (Å²) in [6.07, 6.45) is 2.38. The molecule has 0 heterocycles. The van der Waals surface area contributed by atoms with E-state index in [1.165, 1.54) is 18.9 Å². The minimum absolute atomic E-state index is 0.0907. The number of hydrogen-bond acceptors (Lipinski definition) is 4. The fourth-order valence-corrected chi connectivity index (χ4v) is 1.78. The first kappa shape index (κ1) is 14.1. The molecule has 0 atom stereocenters. The van der Waals surface area contributed by atoms with Gasteiger partial charge in [0.15, 0.2) is 5.96 Å². The van der Waals surface area contributed by atoms with E-state index in [9.17, 15) is 10.1 Å². The average molecular weight is 277 g/mol. The number of guanidine groups is 1. The molecule has 0 unspecified atom stereocenters. The molecule has 0 spiro atoms. The highest BCUT2D eigenvalue weighted by Crippen LogP contribution is 2.22. The average Bonchev–Trinajstić information content (AvgIpc) is 3.26. The number of rotatable bonds is 6. The van der Waals surface area contributed by atoms with Crippen LogP contribution in [0.5, 0.6) is 0 Å². The number of hydrogen-bond donors (Lipinski definition) is 3. The highest BCUT2D eigenvalue weighted by atomic mass is 16.6. The van der Waals surface area contributed by atoms with Crippen molar-refractivity contribution in [2.45, 2.75) is 18.9 Å². The summed E-state index contributed by atoms with van der Waals surface area (Å²) in [6, 6.07) is 7.17. The quantitative estimate of drug-likeness (QED) is 0.240. The first-order valence-electron chi connectivity index (χ1n) is 6.65. The van der Waals surface area contributed by atoms with Gasteiger partial charge in [-0.2, -0.15) is 0 Å². The van der Waals surface area contributed by atoms with Crippen molar-refractivity contribution in [3.05, 3.63) is 34.4 Å². The summed E-state index contributed by atoms with van der Waals surface area (Å²) in [5, 5.41) is 20.4. The zero-order chi connectivity index (χ0) is 14.4. The minimum atomic E-state index is -0.386. The van der Waals surface area contributed by atoms with Gasteiger partial charge in [-0.1, -0.05) is 12.1 Å². The van der Waals surface area contributed by atoms with Crippen LogP contribution in [-0.2, 0) is 0 Å². The molecule has 0 saturated heterocycles. The molecule has 7 nitrogen and oxygen atoms in total. The van der Waals surface area contributed by atoms with Crippen LogP contribution in [-0.4, -0.2) is 37.1 Å². The zero-order valence-corrected chi connectivity index (χ0v) is 11.4. The van der Waals surface area contributed by atoms with Crippen molar-refractivity contribution in [3.63, 3.8) is 0 Å². The van der Waals surface area contributed by atoms with E-state index < -0.39 is 0 Å². The topological polar surface area (TPSA) is 91.6 Å². The number of nitro benzene ring substituents is 1. The standard InChI is InChI=1S/C13H19N5O2/c1-14-13(17-10-6-7-10)16-9-8-15-11-4-2-3-5-12(11)18(19)20/h2-5,10,15H,6-9H2,1H3,(H2,14,16,17). The Morgan fingerprint density at radius 3 is 2.80 bits per heavy atom. The Morgan fingerprint density at radius 2 is 2.15 bits per heavy atom. The molecule has 1 aromatic carbocycles. The lowest BCUT2D eigenvalue weighted by atomic mass is 10.2. The highest BCUT2D eigenvalue weighted by Gasteiger charge is 2.21. The molecule has 0 aromatic heterocycles. The summed E-state index contributed by atoms with van der Waals surface area (Å²) in [5.74, 6) is 0.775. The molecule has 20 heavy (non-hydrogen) atoms. The molecule has 0 bridgehead atoms. The van der Waals surface area contributed by atoms with Gasteiger partial charge in [0, 0.05) is 32.2 Å². The van der Waals surface area contributed by atoms with E-state index in [4.69, 9.17) is 0 Å². The molecule has 1 aliphatic carbocycles. The van der Waals surface area contributed by atoms with E-state index >= 15 is 0 Å². The molecule has 1 aromatic rings. The summed E-state index contributed by atoms with van der Waals surface area (Å²) in [7, 11) is 1.73. The Morgan fingerprint density at radius 1 is 1.40 bits per heavy atom. The second-order valence-electron chi connectivity index (χ2n) is 4.62. The Hall–Kier alpha value is -2.31. The molecule has 1 aliphatic rings. The number of nitrogens with zero attached hydrogens (tertiary/aromatic N) is 2. The van der Waals surface area contributed by atoms with Gasteiger partial charge in [0.05, 0.1) is 4.92 Å². The molecule has 1 fully saturated rings. The molecular weight excluding hydrogens is 258 g/mol. The maximum absolute atomic E-state index is 10.9. The van der Waals surface area contributed by atoms with E-state index in [1.54, 1.807) is 25.2 Å². The SMILES string of the molecule is CN=C(NCCNc1ccccc1[N+](=O)[O-])NC1CC1. The zero-order valence-electron chi connectivity index (χ0n) is 11.4. The minimum Gasteiger partial charge on any atom is -0.378 e. The van der Waals surface area contributed by atoms with E-state index in [0.717, 1.165) is 5.96 Å². The first-order chi connectivity index (χ1) is 9.70. The molecule has 1 saturated carbocycles. The van der Waals surface area contributed by atoms with Gasteiger partial charge >= 0.3 is 0 Å². The van der Waals surface area contributed by atoms with Gasteiger partial charge in [0.1, 0.15) is 5.69 Å². The fraction of sp³-hybridized carbons (Fsp3) is 0.462. The highest BCUT2D eigenvalue weighted by molar-refractivity contribution is 5.80. The predicted octanol–water partition coefficient (Wildman–Crippen LogP) is 1.33. The predicted molar refractivity (Wildman–Crippen MR) is 79.1 cm³/mol. The molecule has 7 heteroatoms. The summed E-state index contributed by atoms with van der Waals surface area (Å²) in [4.78, 5) is 14.6. The van der Waals surface area contributed by atoms with Gasteiger partial charge in [-0.05, 0) is 18.9 Å². The maximum Gasteiger partial charge on any atom is 0.292 e. The number of anilines is 1. The van der Waals surface area contributed by atoms with Crippen LogP contribution in [0.3, 0.4) is 0 Å². The fourth-order valence-electron chi connectivity index (χ4n) is 1.78. The normalized spacial score (nSPS) is 14.8. The van der Waals surface area contributed by atoms with E-state index in [2.05, 4.69) is 20.9 Å². The summed E-state index contributed by atoms with van der Waals surface area (Å²) in [5.41, 5.74) is 0.623. The van der Waals surface area contributed by atoms with E-state index in [0.29, 0.717) is 24.8 Å². The van der Waals surface area contributed by atoms with Crippen molar-refractivity contribution in [1.29, 1.82) is 0 Å². The molecular formula is C13H19N5O2. The first-order valence-corrected chi connectivity index (χ1v) is 6.65. The van der Waals surface area contributed by atoms with Gasteiger partial charge < -0.3 is 16.0 Å². The van der Waals surface area contributed by atoms with E-state index in [-0.39, 0.29) is 10.6 Å². The van der Waals surface area contributed by atoms with Gasteiger partial charge in [0.2, 0.25) is 0 Å². The Labute approximate surface area is 117 Å². The number of nitro groups is 1. The Balaban J connectivity index is 1.76. The number of aliphatic imine (C=N–C) groups is 1. The third-order valence-electron chi connectivity index (χ3n) is 2.98. The van der Waals surface area contributed by atoms with Gasteiger partial charge in [0.25, 0.3) is 5.69 Å². The van der Waals surface area contributed by atoms with Crippen molar-refractivity contribution >= 4 is 17.3 Å². The number of nitrogens with one attached hydrogen (secondary N) is 3. The van der Waals surface area contributed by atoms with Crippen LogP contribution in [0.25, 0.3) is 0 Å². The van der Waals surface area contributed by atoms with Crippen LogP contribution < -0.4 is 16.0 Å². The lowest BCUT2D eigenvalue weighted by Crippen LogP contribution is -2.40. The number of benzene rings is 1. The van der Waals surface area contributed by atoms with Crippen LogP contribution >= 0.6 is 0 Å². The summed E-state index contributed by atoms with van der Waals surface area (Å²) >= 11 is 0. The van der Waals surface area contributed by atoms with Crippen molar-refractivity contribution < 1.29 is 4.92 Å². The van der Waals surface area contributed by atoms with Gasteiger partial charge in [-0.3, -0.25) is 15.1 Å². The Kier molecular flexibility index (Phi) is 4.75. The molecule has 3 N–H and O–H groups in total. The smallest absolute Gasteiger partial charge is 0.292 e. The number of para-hydroxylation sites is 2. The second kappa shape index (κ2) is 6.74. The van der Waals surface area contributed by atoms with Crippen molar-refractivity contribution in [2.75, 3.05) is 25.5 Å². The van der Waals surface area contributed by atoms with Gasteiger partial charge in [-0.25, -0.2) is 0 Å². The third kappa shape index (κ3) is 4.11. The van der Waals surface area contributed by atoms with Crippen molar-refractivity contribution in [2.24, 2.45) is 4.99 Å². The van der Waals surface area contributed by atoms with Crippen LogP contribution in [0.15, 0.2) is 29.3 Å². The van der Waals surface area contributed by atoms with Crippen LogP contribution in [0.1, 0.15) is 12.8 Å². The Bertz CT molecular complexity index is 499. The molecule has 0 radical (unpaired) electrons. The van der Waals surface area contributed by atoms with Crippen LogP contribution in [0.2, 0.25) is 0 Å². The summed E-state index contributed by atoms with van der Waals surface area (Å²) in [6.45, 7) is 1.22. The lowest BCUT2D eigenvalue weighted by Gasteiger charge is -2.12. The van der Waals surface area contributed by atoms with Gasteiger partial charge in [-0.15, -0.1) is 0 Å². The van der Waals surface area contributed by atoms with Crippen molar-refractivity contribution in [1.82, 2.24) is 10.6 Å². The summed E-state index contributed by atoms with van der Waals surface area (Å²) < 4.78 is 0. The van der Waals surface area contributed by atoms with E-state index in [1.807, 2.05) is 0 Å². The van der Waals surface area contributed by atoms with Crippen LogP contribution in [0, 0.1) is 10.1 Å². The molecule has 0 aliphatic heterocycles. The maximum atomic E-state index is 10.9. The lowest BCUT2D eigenvalue weighted by molar-refractivity contribution is -0.384. The molecule has 2 rings (SSSR count). The second-order valence-corrected chi connectivity index (χ2v) is 4.62. The monoisotopic (exact) mass is 277 g/mol. The molecule has 0 amide bonds. The largest absolute Gasteiger partial charge is 0.378 e.